The van der Waals surface area contributed by atoms with Gasteiger partial charge < -0.3 is 5.11 Å². The number of halogens is 2. The zero-order valence-electron chi connectivity index (χ0n) is 8.30. The minimum Gasteiger partial charge on any atom is -0.393 e. The molecule has 78 valence electrons. The van der Waals surface area contributed by atoms with Crippen molar-refractivity contribution in [3.63, 3.8) is 0 Å². The van der Waals surface area contributed by atoms with Crippen molar-refractivity contribution in [3.8, 4) is 0 Å². The molecule has 1 rings (SSSR count). The first-order chi connectivity index (χ1) is 6.50. The van der Waals surface area contributed by atoms with Crippen LogP contribution in [0.1, 0.15) is 19.4 Å². The molecule has 1 atom stereocenters. The molecule has 0 aliphatic heterocycles. The minimum atomic E-state index is -0.432. The zero-order chi connectivity index (χ0) is 10.7. The Kier molecular flexibility index (Phi) is 3.90. The molecule has 0 saturated heterocycles. The number of hydrogen-bond acceptors (Lipinski definition) is 1. The molecule has 1 aromatic carbocycles. The van der Waals surface area contributed by atoms with E-state index in [1.54, 1.807) is 6.07 Å². The van der Waals surface area contributed by atoms with Crippen molar-refractivity contribution in [2.45, 2.75) is 26.4 Å². The minimum absolute atomic E-state index is 0.177. The maximum absolute atomic E-state index is 12.7. The number of aliphatic hydroxyl groups excluding tert-OH is 1. The van der Waals surface area contributed by atoms with Crippen molar-refractivity contribution < 1.29 is 9.50 Å². The van der Waals surface area contributed by atoms with Crippen LogP contribution in [0.3, 0.4) is 0 Å². The number of benzene rings is 1. The second-order valence-electron chi connectivity index (χ2n) is 3.75. The van der Waals surface area contributed by atoms with Gasteiger partial charge in [0.2, 0.25) is 0 Å². The van der Waals surface area contributed by atoms with Gasteiger partial charge in [-0.25, -0.2) is 4.39 Å². The van der Waals surface area contributed by atoms with Crippen LogP contribution in [0.5, 0.6) is 0 Å². The molecular formula is C11H14ClFO. The molecule has 0 fully saturated rings. The monoisotopic (exact) mass is 216 g/mol. The van der Waals surface area contributed by atoms with Gasteiger partial charge in [0.25, 0.3) is 0 Å². The Morgan fingerprint density at radius 3 is 2.57 bits per heavy atom. The molecule has 0 aromatic heterocycles. The predicted molar refractivity (Wildman–Crippen MR) is 56.0 cm³/mol. The lowest BCUT2D eigenvalue weighted by Crippen LogP contribution is -2.17. The van der Waals surface area contributed by atoms with Crippen molar-refractivity contribution >= 4 is 11.6 Å². The standard InChI is InChI=1S/C11H14ClFO/c1-7(2)11(14)5-8-3-4-9(13)6-10(8)12/h3-4,6-7,11,14H,5H2,1-2H3. The Balaban J connectivity index is 2.77. The van der Waals surface area contributed by atoms with E-state index in [-0.39, 0.29) is 11.7 Å². The molecule has 1 aromatic rings. The molecule has 0 saturated carbocycles. The van der Waals surface area contributed by atoms with Crippen LogP contribution < -0.4 is 0 Å². The van der Waals surface area contributed by atoms with Crippen LogP contribution in [0.25, 0.3) is 0 Å². The molecule has 0 aliphatic carbocycles. The first kappa shape index (κ1) is 11.5. The third-order valence-corrected chi connectivity index (χ3v) is 2.57. The molecule has 0 spiro atoms. The third kappa shape index (κ3) is 2.96. The Morgan fingerprint density at radius 2 is 2.07 bits per heavy atom. The summed E-state index contributed by atoms with van der Waals surface area (Å²) in [5, 5.41) is 10.0. The molecule has 1 nitrogen and oxygen atoms in total. The molecule has 1 unspecified atom stereocenters. The van der Waals surface area contributed by atoms with Crippen LogP contribution in [-0.2, 0) is 6.42 Å². The molecule has 3 heteroatoms. The first-order valence-corrected chi connectivity index (χ1v) is 5.00. The van der Waals surface area contributed by atoms with E-state index in [0.717, 1.165) is 5.56 Å². The van der Waals surface area contributed by atoms with Gasteiger partial charge in [-0.3, -0.25) is 0 Å². The molecule has 0 radical (unpaired) electrons. The van der Waals surface area contributed by atoms with Gasteiger partial charge in [-0.05, 0) is 23.6 Å². The largest absolute Gasteiger partial charge is 0.393 e. The van der Waals surface area contributed by atoms with E-state index in [4.69, 9.17) is 11.6 Å². The van der Waals surface area contributed by atoms with Gasteiger partial charge in [0.15, 0.2) is 0 Å². The Hall–Kier alpha value is -0.600. The van der Waals surface area contributed by atoms with Crippen LogP contribution in [0.15, 0.2) is 18.2 Å². The number of hydrogen-bond donors (Lipinski definition) is 1. The molecule has 14 heavy (non-hydrogen) atoms. The van der Waals surface area contributed by atoms with Gasteiger partial charge in [0, 0.05) is 11.4 Å². The van der Waals surface area contributed by atoms with E-state index < -0.39 is 6.10 Å². The van der Waals surface area contributed by atoms with Gasteiger partial charge in [0.05, 0.1) is 6.10 Å². The molecule has 0 amide bonds. The van der Waals surface area contributed by atoms with Gasteiger partial charge in [-0.1, -0.05) is 31.5 Å². The number of rotatable bonds is 3. The highest BCUT2D eigenvalue weighted by Crippen LogP contribution is 2.20. The van der Waals surface area contributed by atoms with Crippen LogP contribution in [-0.4, -0.2) is 11.2 Å². The van der Waals surface area contributed by atoms with Crippen molar-refractivity contribution in [2.75, 3.05) is 0 Å². The lowest BCUT2D eigenvalue weighted by molar-refractivity contribution is 0.125. The summed E-state index contributed by atoms with van der Waals surface area (Å²) in [7, 11) is 0. The summed E-state index contributed by atoms with van der Waals surface area (Å²) in [6.45, 7) is 3.87. The average molecular weight is 217 g/mol. The summed E-state index contributed by atoms with van der Waals surface area (Å²) in [5.74, 6) is -0.172. The fraction of sp³-hybridized carbons (Fsp3) is 0.455. The van der Waals surface area contributed by atoms with Crippen molar-refractivity contribution in [1.82, 2.24) is 0 Å². The Labute approximate surface area is 88.5 Å². The molecular weight excluding hydrogens is 203 g/mol. The third-order valence-electron chi connectivity index (χ3n) is 2.21. The predicted octanol–water partition coefficient (Wildman–Crippen LogP) is 3.04. The van der Waals surface area contributed by atoms with E-state index in [0.29, 0.717) is 11.4 Å². The van der Waals surface area contributed by atoms with Gasteiger partial charge in [-0.2, -0.15) is 0 Å². The average Bonchev–Trinajstić information content (AvgIpc) is 2.09. The second-order valence-corrected chi connectivity index (χ2v) is 4.16. The van der Waals surface area contributed by atoms with Gasteiger partial charge in [-0.15, -0.1) is 0 Å². The summed E-state index contributed by atoms with van der Waals surface area (Å²) in [4.78, 5) is 0. The lowest BCUT2D eigenvalue weighted by Gasteiger charge is -2.14. The lowest BCUT2D eigenvalue weighted by atomic mass is 9.99. The summed E-state index contributed by atoms with van der Waals surface area (Å²) < 4.78 is 12.7. The quantitative estimate of drug-likeness (QED) is 0.824. The first-order valence-electron chi connectivity index (χ1n) is 4.62. The Bertz CT molecular complexity index is 312. The maximum Gasteiger partial charge on any atom is 0.124 e. The molecule has 0 heterocycles. The smallest absolute Gasteiger partial charge is 0.124 e. The maximum atomic E-state index is 12.7. The summed E-state index contributed by atoms with van der Waals surface area (Å²) in [6, 6.07) is 4.24. The molecule has 1 N–H and O–H groups in total. The van der Waals surface area contributed by atoms with Crippen molar-refractivity contribution in [1.29, 1.82) is 0 Å². The van der Waals surface area contributed by atoms with Crippen LogP contribution in [0, 0.1) is 11.7 Å². The highest BCUT2D eigenvalue weighted by atomic mass is 35.5. The van der Waals surface area contributed by atoms with Crippen molar-refractivity contribution in [2.24, 2.45) is 5.92 Å². The van der Waals surface area contributed by atoms with Gasteiger partial charge >= 0.3 is 0 Å². The van der Waals surface area contributed by atoms with E-state index >= 15 is 0 Å². The van der Waals surface area contributed by atoms with Crippen molar-refractivity contribution in [3.05, 3.63) is 34.6 Å². The van der Waals surface area contributed by atoms with E-state index in [1.165, 1.54) is 12.1 Å². The second kappa shape index (κ2) is 4.76. The topological polar surface area (TPSA) is 20.2 Å². The molecule has 0 aliphatic rings. The normalized spacial score (nSPS) is 13.3. The van der Waals surface area contributed by atoms with Crippen LogP contribution in [0.2, 0.25) is 5.02 Å². The summed E-state index contributed by atoms with van der Waals surface area (Å²) in [5.41, 5.74) is 0.786. The SMILES string of the molecule is CC(C)C(O)Cc1ccc(F)cc1Cl. The molecule has 0 bridgehead atoms. The number of aliphatic hydroxyl groups is 1. The van der Waals surface area contributed by atoms with E-state index in [2.05, 4.69) is 0 Å². The Morgan fingerprint density at radius 1 is 1.43 bits per heavy atom. The highest BCUT2D eigenvalue weighted by Gasteiger charge is 2.12. The van der Waals surface area contributed by atoms with Gasteiger partial charge in [0.1, 0.15) is 5.82 Å². The fourth-order valence-electron chi connectivity index (χ4n) is 1.15. The fourth-order valence-corrected chi connectivity index (χ4v) is 1.39. The van der Waals surface area contributed by atoms with E-state index in [9.17, 15) is 9.50 Å². The summed E-state index contributed by atoms with van der Waals surface area (Å²) in [6.07, 6.45) is 0.0366. The van der Waals surface area contributed by atoms with Crippen LogP contribution in [0.4, 0.5) is 4.39 Å². The zero-order valence-corrected chi connectivity index (χ0v) is 9.05. The highest BCUT2D eigenvalue weighted by molar-refractivity contribution is 6.31. The van der Waals surface area contributed by atoms with E-state index in [1.807, 2.05) is 13.8 Å². The van der Waals surface area contributed by atoms with Crippen LogP contribution >= 0.6 is 11.6 Å². The summed E-state index contributed by atoms with van der Waals surface area (Å²) >= 11 is 5.83.